The van der Waals surface area contributed by atoms with E-state index in [4.69, 9.17) is 13.9 Å². The van der Waals surface area contributed by atoms with Gasteiger partial charge < -0.3 is 24.5 Å². The van der Waals surface area contributed by atoms with Crippen LogP contribution in [0.15, 0.2) is 33.7 Å². The van der Waals surface area contributed by atoms with Crippen LogP contribution in [0.4, 0.5) is 0 Å². The summed E-state index contributed by atoms with van der Waals surface area (Å²) >= 11 is 0. The summed E-state index contributed by atoms with van der Waals surface area (Å²) < 4.78 is 16.3. The SMILES string of the molecule is CCNC(=NCc1nc(C)c(C)o1)NCCOc1ccc(OC)cc1. The number of nitrogens with zero attached hydrogens (tertiary/aromatic N) is 2. The van der Waals surface area contributed by atoms with Gasteiger partial charge in [0.2, 0.25) is 5.89 Å². The molecule has 0 saturated heterocycles. The Morgan fingerprint density at radius 2 is 1.88 bits per heavy atom. The van der Waals surface area contributed by atoms with Crippen molar-refractivity contribution in [2.24, 2.45) is 4.99 Å². The van der Waals surface area contributed by atoms with Crippen LogP contribution in [0, 0.1) is 13.8 Å². The lowest BCUT2D eigenvalue weighted by molar-refractivity contribution is 0.321. The van der Waals surface area contributed by atoms with E-state index in [2.05, 4.69) is 20.6 Å². The molecule has 2 aromatic rings. The second-order valence-electron chi connectivity index (χ2n) is 5.40. The second kappa shape index (κ2) is 9.56. The van der Waals surface area contributed by atoms with Crippen molar-refractivity contribution < 1.29 is 13.9 Å². The van der Waals surface area contributed by atoms with Crippen molar-refractivity contribution in [1.29, 1.82) is 0 Å². The van der Waals surface area contributed by atoms with E-state index in [-0.39, 0.29) is 0 Å². The van der Waals surface area contributed by atoms with Gasteiger partial charge in [0, 0.05) is 6.54 Å². The topological polar surface area (TPSA) is 80.9 Å². The Bertz CT molecular complexity index is 661. The summed E-state index contributed by atoms with van der Waals surface area (Å²) in [6, 6.07) is 7.50. The van der Waals surface area contributed by atoms with Gasteiger partial charge in [0.05, 0.1) is 19.3 Å². The number of methoxy groups -OCH3 is 1. The Hall–Kier alpha value is -2.70. The Morgan fingerprint density at radius 3 is 2.48 bits per heavy atom. The molecule has 1 aromatic carbocycles. The number of aliphatic imine (C=N–C) groups is 1. The first-order chi connectivity index (χ1) is 12.1. The minimum Gasteiger partial charge on any atom is -0.497 e. The third kappa shape index (κ3) is 6.02. The number of rotatable bonds is 8. The van der Waals surface area contributed by atoms with E-state index in [9.17, 15) is 0 Å². The lowest BCUT2D eigenvalue weighted by Gasteiger charge is -2.12. The molecule has 0 bridgehead atoms. The van der Waals surface area contributed by atoms with E-state index in [1.54, 1.807) is 7.11 Å². The van der Waals surface area contributed by atoms with E-state index in [1.807, 2.05) is 45.0 Å². The fourth-order valence-electron chi connectivity index (χ4n) is 2.11. The van der Waals surface area contributed by atoms with Crippen molar-refractivity contribution in [3.63, 3.8) is 0 Å². The summed E-state index contributed by atoms with van der Waals surface area (Å²) in [7, 11) is 1.64. The first-order valence-electron chi connectivity index (χ1n) is 8.34. The maximum absolute atomic E-state index is 5.68. The molecular formula is C18H26N4O3. The zero-order chi connectivity index (χ0) is 18.1. The maximum atomic E-state index is 5.68. The molecule has 0 saturated carbocycles. The minimum absolute atomic E-state index is 0.392. The molecule has 1 heterocycles. The molecule has 0 fully saturated rings. The number of aromatic nitrogens is 1. The molecule has 0 radical (unpaired) electrons. The highest BCUT2D eigenvalue weighted by molar-refractivity contribution is 5.79. The molecule has 0 aliphatic heterocycles. The van der Waals surface area contributed by atoms with Crippen LogP contribution in [0.5, 0.6) is 11.5 Å². The highest BCUT2D eigenvalue weighted by Gasteiger charge is 2.05. The Labute approximate surface area is 148 Å². The number of aryl methyl sites for hydroxylation is 2. The fourth-order valence-corrected chi connectivity index (χ4v) is 2.11. The van der Waals surface area contributed by atoms with Crippen molar-refractivity contribution >= 4 is 5.96 Å². The highest BCUT2D eigenvalue weighted by Crippen LogP contribution is 2.16. The summed E-state index contributed by atoms with van der Waals surface area (Å²) in [4.78, 5) is 8.80. The van der Waals surface area contributed by atoms with Crippen molar-refractivity contribution in [1.82, 2.24) is 15.6 Å². The zero-order valence-electron chi connectivity index (χ0n) is 15.3. The molecule has 0 atom stereocenters. The van der Waals surface area contributed by atoms with E-state index < -0.39 is 0 Å². The van der Waals surface area contributed by atoms with Crippen LogP contribution in [0.3, 0.4) is 0 Å². The molecule has 25 heavy (non-hydrogen) atoms. The van der Waals surface area contributed by atoms with E-state index in [1.165, 1.54) is 0 Å². The molecule has 1 aromatic heterocycles. The zero-order valence-corrected chi connectivity index (χ0v) is 15.3. The molecular weight excluding hydrogens is 320 g/mol. The third-order valence-electron chi connectivity index (χ3n) is 3.51. The molecule has 136 valence electrons. The van der Waals surface area contributed by atoms with Crippen LogP contribution < -0.4 is 20.1 Å². The van der Waals surface area contributed by atoms with Gasteiger partial charge in [-0.2, -0.15) is 0 Å². The second-order valence-corrected chi connectivity index (χ2v) is 5.40. The first-order valence-corrected chi connectivity index (χ1v) is 8.34. The number of benzene rings is 1. The smallest absolute Gasteiger partial charge is 0.216 e. The molecule has 0 aliphatic carbocycles. The van der Waals surface area contributed by atoms with Crippen molar-refractivity contribution in [3.8, 4) is 11.5 Å². The summed E-state index contributed by atoms with van der Waals surface area (Å²) in [6.45, 7) is 8.15. The predicted octanol–water partition coefficient (Wildman–Crippen LogP) is 2.43. The molecule has 2 rings (SSSR count). The quantitative estimate of drug-likeness (QED) is 0.434. The van der Waals surface area contributed by atoms with Crippen LogP contribution in [-0.2, 0) is 6.54 Å². The average molecular weight is 346 g/mol. The van der Waals surface area contributed by atoms with Crippen LogP contribution >= 0.6 is 0 Å². The van der Waals surface area contributed by atoms with Crippen molar-refractivity contribution in [2.75, 3.05) is 26.8 Å². The number of hydrogen-bond acceptors (Lipinski definition) is 5. The van der Waals surface area contributed by atoms with Gasteiger partial charge in [-0.05, 0) is 45.0 Å². The molecule has 0 unspecified atom stereocenters. The van der Waals surface area contributed by atoms with Gasteiger partial charge in [0.25, 0.3) is 0 Å². The largest absolute Gasteiger partial charge is 0.497 e. The van der Waals surface area contributed by atoms with E-state index >= 15 is 0 Å². The third-order valence-corrected chi connectivity index (χ3v) is 3.51. The van der Waals surface area contributed by atoms with Gasteiger partial charge in [-0.15, -0.1) is 0 Å². The van der Waals surface area contributed by atoms with Crippen molar-refractivity contribution in [3.05, 3.63) is 41.6 Å². The normalized spacial score (nSPS) is 11.3. The lowest BCUT2D eigenvalue weighted by Crippen LogP contribution is -2.39. The lowest BCUT2D eigenvalue weighted by atomic mass is 10.3. The summed E-state index contributed by atoms with van der Waals surface area (Å²) in [5, 5.41) is 6.41. The van der Waals surface area contributed by atoms with Gasteiger partial charge in [0.15, 0.2) is 5.96 Å². The van der Waals surface area contributed by atoms with E-state index in [0.717, 1.165) is 29.5 Å². The van der Waals surface area contributed by atoms with Gasteiger partial charge in [0.1, 0.15) is 30.4 Å². The molecule has 0 amide bonds. The molecule has 7 nitrogen and oxygen atoms in total. The molecule has 0 spiro atoms. The number of oxazole rings is 1. The first kappa shape index (κ1) is 18.6. The Balaban J connectivity index is 1.78. The average Bonchev–Trinajstić information content (AvgIpc) is 2.95. The monoisotopic (exact) mass is 346 g/mol. The Morgan fingerprint density at radius 1 is 1.16 bits per heavy atom. The number of ether oxygens (including phenoxy) is 2. The minimum atomic E-state index is 0.392. The Kier molecular flexibility index (Phi) is 7.13. The van der Waals surface area contributed by atoms with Gasteiger partial charge in [-0.1, -0.05) is 0 Å². The summed E-state index contributed by atoms with van der Waals surface area (Å²) in [5.74, 6) is 3.76. The van der Waals surface area contributed by atoms with Crippen LogP contribution in [0.1, 0.15) is 24.3 Å². The van der Waals surface area contributed by atoms with E-state index in [0.29, 0.717) is 31.5 Å². The predicted molar refractivity (Wildman–Crippen MR) is 97.3 cm³/mol. The highest BCUT2D eigenvalue weighted by atomic mass is 16.5. The van der Waals surface area contributed by atoms with Crippen LogP contribution in [0.25, 0.3) is 0 Å². The van der Waals surface area contributed by atoms with Crippen LogP contribution in [0.2, 0.25) is 0 Å². The molecule has 0 aliphatic rings. The van der Waals surface area contributed by atoms with Crippen molar-refractivity contribution in [2.45, 2.75) is 27.3 Å². The summed E-state index contributed by atoms with van der Waals surface area (Å²) in [6.07, 6.45) is 0. The van der Waals surface area contributed by atoms with Gasteiger partial charge in [-0.3, -0.25) is 0 Å². The molecule has 2 N–H and O–H groups in total. The van der Waals surface area contributed by atoms with Gasteiger partial charge in [-0.25, -0.2) is 9.98 Å². The number of hydrogen-bond donors (Lipinski definition) is 2. The fraction of sp³-hybridized carbons (Fsp3) is 0.444. The van der Waals surface area contributed by atoms with Gasteiger partial charge >= 0.3 is 0 Å². The maximum Gasteiger partial charge on any atom is 0.216 e. The van der Waals surface area contributed by atoms with Crippen LogP contribution in [-0.4, -0.2) is 37.7 Å². The number of nitrogens with one attached hydrogen (secondary N) is 2. The summed E-state index contributed by atoms with van der Waals surface area (Å²) in [5.41, 5.74) is 0.899. The number of guanidine groups is 1. The molecule has 7 heteroatoms. The standard InChI is InChI=1S/C18H26N4O3/c1-5-19-18(21-12-17-22-13(2)14(3)25-17)20-10-11-24-16-8-6-15(23-4)7-9-16/h6-9H,5,10-12H2,1-4H3,(H2,19,20,21).